The molecule has 2 rings (SSSR count). The van der Waals surface area contributed by atoms with Gasteiger partial charge in [0.05, 0.1) is 16.6 Å². The highest BCUT2D eigenvalue weighted by atomic mass is 32.1. The van der Waals surface area contributed by atoms with E-state index in [4.69, 9.17) is 5.11 Å². The Kier molecular flexibility index (Phi) is 5.28. The molecule has 3 N–H and O–H groups in total. The number of rotatable bonds is 6. The second kappa shape index (κ2) is 6.92. The number of alkyl halides is 4. The highest BCUT2D eigenvalue weighted by Crippen LogP contribution is 2.44. The number of carboxylic acid groups (broad SMARTS) is 1. The van der Waals surface area contributed by atoms with Gasteiger partial charge in [-0.15, -0.1) is 11.3 Å². The Morgan fingerprint density at radius 1 is 1.28 bits per heavy atom. The molecule has 0 fully saturated rings. The van der Waals surface area contributed by atoms with Gasteiger partial charge in [0.15, 0.2) is 6.04 Å². The monoisotopic (exact) mass is 380 g/mol. The van der Waals surface area contributed by atoms with E-state index in [1.807, 2.05) is 0 Å². The van der Waals surface area contributed by atoms with Gasteiger partial charge in [0, 0.05) is 0 Å². The fourth-order valence-electron chi connectivity index (χ4n) is 1.99. The summed E-state index contributed by atoms with van der Waals surface area (Å²) in [5.41, 5.74) is -3.42. The predicted molar refractivity (Wildman–Crippen MR) is 79.7 cm³/mol. The lowest BCUT2D eigenvalue weighted by Crippen LogP contribution is -2.49. The number of aromatic nitrogens is 1. The van der Waals surface area contributed by atoms with Gasteiger partial charge in [-0.1, -0.05) is 12.1 Å². The lowest BCUT2D eigenvalue weighted by atomic mass is 9.99. The zero-order chi connectivity index (χ0) is 18.8. The summed E-state index contributed by atoms with van der Waals surface area (Å²) in [6.07, 6.45) is -6.80. The Morgan fingerprint density at radius 3 is 2.44 bits per heavy atom. The van der Waals surface area contributed by atoms with Crippen molar-refractivity contribution in [1.82, 2.24) is 10.3 Å². The molecule has 2 unspecified atom stereocenters. The van der Waals surface area contributed by atoms with Crippen molar-refractivity contribution < 1.29 is 37.4 Å². The number of aliphatic carboxylic acids is 1. The molecule has 0 aliphatic heterocycles. The van der Waals surface area contributed by atoms with Gasteiger partial charge in [0.1, 0.15) is 11.7 Å². The summed E-state index contributed by atoms with van der Waals surface area (Å²) in [5.74, 6) is -3.21. The number of hydrogen-bond donors (Lipinski definition) is 3. The largest absolute Gasteiger partial charge is 0.480 e. The highest BCUT2D eigenvalue weighted by molar-refractivity contribution is 7.18. The molecule has 25 heavy (non-hydrogen) atoms. The van der Waals surface area contributed by atoms with Crippen molar-refractivity contribution in [2.45, 2.75) is 24.2 Å². The van der Waals surface area contributed by atoms with Crippen LogP contribution in [0.3, 0.4) is 0 Å². The Balaban J connectivity index is 2.35. The van der Waals surface area contributed by atoms with Crippen LogP contribution in [0.5, 0.6) is 0 Å². The highest BCUT2D eigenvalue weighted by Gasteiger charge is 2.58. The third-order valence-electron chi connectivity index (χ3n) is 3.32. The van der Waals surface area contributed by atoms with Crippen molar-refractivity contribution >= 4 is 33.4 Å². The van der Waals surface area contributed by atoms with Crippen LogP contribution < -0.4 is 5.32 Å². The zero-order valence-corrected chi connectivity index (χ0v) is 13.2. The first-order valence-corrected chi connectivity index (χ1v) is 7.63. The minimum Gasteiger partial charge on any atom is -0.480 e. The normalized spacial score (nSPS) is 15.6. The second-order valence-corrected chi connectivity index (χ2v) is 6.16. The molecule has 2 atom stereocenters. The summed E-state index contributed by atoms with van der Waals surface area (Å²) in [4.78, 5) is 26.1. The van der Waals surface area contributed by atoms with Crippen LogP contribution in [0.2, 0.25) is 0 Å². The van der Waals surface area contributed by atoms with Gasteiger partial charge in [-0.05, 0) is 12.1 Å². The summed E-state index contributed by atoms with van der Waals surface area (Å²) < 4.78 is 53.1. The van der Waals surface area contributed by atoms with E-state index in [2.05, 4.69) is 4.98 Å². The fraction of sp³-hybridized carbons (Fsp3) is 0.357. The molecule has 1 amide bonds. The standard InChI is InChI=1S/C14H12F4N2O4S/c15-6-8(11(22)23)19-10(21)5-13(24,14(16,17)18)12-20-7-3-1-2-4-9(7)25-12/h1-4,8,24H,5-6H2,(H,19,21)(H,22,23). The molecule has 11 heteroatoms. The molecule has 0 saturated heterocycles. The molecular formula is C14H12F4N2O4S. The molecule has 1 aromatic heterocycles. The fourth-order valence-corrected chi connectivity index (χ4v) is 3.06. The molecule has 0 saturated carbocycles. The summed E-state index contributed by atoms with van der Waals surface area (Å²) in [6, 6.07) is 4.05. The molecule has 2 aromatic rings. The quantitative estimate of drug-likeness (QED) is 0.666. The van der Waals surface area contributed by atoms with E-state index in [0.29, 0.717) is 16.0 Å². The van der Waals surface area contributed by atoms with E-state index >= 15 is 0 Å². The Labute approximate surface area is 142 Å². The Morgan fingerprint density at radius 2 is 1.92 bits per heavy atom. The first-order valence-electron chi connectivity index (χ1n) is 6.82. The molecule has 1 heterocycles. The Bertz CT molecular complexity index is 761. The number of nitrogens with one attached hydrogen (secondary N) is 1. The third-order valence-corrected chi connectivity index (χ3v) is 4.51. The van der Waals surface area contributed by atoms with E-state index in [9.17, 15) is 32.3 Å². The molecule has 136 valence electrons. The van der Waals surface area contributed by atoms with Crippen LogP contribution in [0.1, 0.15) is 11.4 Å². The van der Waals surface area contributed by atoms with Gasteiger partial charge in [0.25, 0.3) is 0 Å². The molecule has 0 bridgehead atoms. The maximum atomic E-state index is 13.4. The number of para-hydroxylation sites is 1. The Hall–Kier alpha value is -2.27. The van der Waals surface area contributed by atoms with Gasteiger partial charge in [0.2, 0.25) is 11.5 Å². The lowest BCUT2D eigenvalue weighted by Gasteiger charge is -2.28. The summed E-state index contributed by atoms with van der Waals surface area (Å²) in [7, 11) is 0. The van der Waals surface area contributed by atoms with Gasteiger partial charge < -0.3 is 15.5 Å². The summed E-state index contributed by atoms with van der Waals surface area (Å²) in [6.45, 7) is -1.51. The summed E-state index contributed by atoms with van der Waals surface area (Å²) >= 11 is 0.553. The van der Waals surface area contributed by atoms with Crippen LogP contribution in [-0.2, 0) is 15.2 Å². The van der Waals surface area contributed by atoms with Gasteiger partial charge >= 0.3 is 12.1 Å². The minimum absolute atomic E-state index is 0.206. The molecule has 0 radical (unpaired) electrons. The number of nitrogens with zero attached hydrogens (tertiary/aromatic N) is 1. The average molecular weight is 380 g/mol. The number of benzene rings is 1. The van der Waals surface area contributed by atoms with Crippen LogP contribution >= 0.6 is 11.3 Å². The van der Waals surface area contributed by atoms with E-state index in [0.717, 1.165) is 0 Å². The molecular weight excluding hydrogens is 368 g/mol. The minimum atomic E-state index is -5.26. The lowest BCUT2D eigenvalue weighted by molar-refractivity contribution is -0.267. The third kappa shape index (κ3) is 3.87. The van der Waals surface area contributed by atoms with Crippen LogP contribution in [0.25, 0.3) is 10.2 Å². The number of halogens is 4. The van der Waals surface area contributed by atoms with Gasteiger partial charge in [-0.3, -0.25) is 4.79 Å². The van der Waals surface area contributed by atoms with Crippen LogP contribution in [0, 0.1) is 0 Å². The van der Waals surface area contributed by atoms with Crippen molar-refractivity contribution in [2.24, 2.45) is 0 Å². The van der Waals surface area contributed by atoms with E-state index < -0.39 is 47.8 Å². The van der Waals surface area contributed by atoms with Crippen molar-refractivity contribution in [3.63, 3.8) is 0 Å². The number of fused-ring (bicyclic) bond motifs is 1. The van der Waals surface area contributed by atoms with E-state index in [-0.39, 0.29) is 5.52 Å². The van der Waals surface area contributed by atoms with Crippen molar-refractivity contribution in [2.75, 3.05) is 6.67 Å². The maximum absolute atomic E-state index is 13.4. The zero-order valence-electron chi connectivity index (χ0n) is 12.4. The number of amides is 1. The smallest absolute Gasteiger partial charge is 0.424 e. The first-order chi connectivity index (χ1) is 11.6. The number of carbonyl (C=O) groups excluding carboxylic acids is 1. The number of hydrogen-bond acceptors (Lipinski definition) is 5. The van der Waals surface area contributed by atoms with Crippen LogP contribution in [0.4, 0.5) is 17.6 Å². The van der Waals surface area contributed by atoms with Crippen molar-refractivity contribution in [1.29, 1.82) is 0 Å². The van der Waals surface area contributed by atoms with E-state index in [1.54, 1.807) is 17.4 Å². The van der Waals surface area contributed by atoms with E-state index in [1.165, 1.54) is 12.1 Å². The molecule has 1 aromatic carbocycles. The number of carboxylic acids is 1. The molecule has 0 aliphatic carbocycles. The summed E-state index contributed by atoms with van der Waals surface area (Å²) in [5, 5.41) is 19.6. The first kappa shape index (κ1) is 19.1. The maximum Gasteiger partial charge on any atom is 0.424 e. The SMILES string of the molecule is O=C(CC(O)(c1nc2ccccc2s1)C(F)(F)F)NC(CF)C(=O)O. The van der Waals surface area contributed by atoms with Crippen molar-refractivity contribution in [3.8, 4) is 0 Å². The number of carbonyl (C=O) groups is 2. The van der Waals surface area contributed by atoms with Crippen molar-refractivity contribution in [3.05, 3.63) is 29.3 Å². The van der Waals surface area contributed by atoms with Gasteiger partial charge in [-0.2, -0.15) is 13.2 Å². The molecule has 0 spiro atoms. The number of thiazole rings is 1. The number of aliphatic hydroxyl groups is 1. The predicted octanol–water partition coefficient (Wildman–Crippen LogP) is 1.98. The van der Waals surface area contributed by atoms with Gasteiger partial charge in [-0.25, -0.2) is 14.2 Å². The van der Waals surface area contributed by atoms with Crippen LogP contribution in [-0.4, -0.2) is 46.0 Å². The average Bonchev–Trinajstić information content (AvgIpc) is 2.95. The second-order valence-electron chi connectivity index (χ2n) is 5.13. The topological polar surface area (TPSA) is 99.5 Å². The van der Waals surface area contributed by atoms with Crippen LogP contribution in [0.15, 0.2) is 24.3 Å². The molecule has 0 aliphatic rings. The molecule has 6 nitrogen and oxygen atoms in total.